The van der Waals surface area contributed by atoms with Crippen LogP contribution in [0.2, 0.25) is 0 Å². The minimum atomic E-state index is -0.0238. The van der Waals surface area contributed by atoms with Gasteiger partial charge < -0.3 is 10.2 Å². The van der Waals surface area contributed by atoms with Crippen LogP contribution in [0, 0.1) is 5.92 Å². The van der Waals surface area contributed by atoms with Crippen LogP contribution < -0.4 is 10.2 Å². The van der Waals surface area contributed by atoms with Crippen molar-refractivity contribution in [3.8, 4) is 0 Å². The van der Waals surface area contributed by atoms with E-state index in [0.29, 0.717) is 25.4 Å². The molecule has 1 aromatic carbocycles. The fourth-order valence-corrected chi connectivity index (χ4v) is 1.83. The monoisotopic (exact) mass is 262 g/mol. The summed E-state index contributed by atoms with van der Waals surface area (Å²) in [5.74, 6) is 0.355. The van der Waals surface area contributed by atoms with Crippen molar-refractivity contribution in [1.82, 2.24) is 5.32 Å². The molecule has 0 saturated carbocycles. The predicted molar refractivity (Wildman–Crippen MR) is 76.9 cm³/mol. The second kappa shape index (κ2) is 7.56. The van der Waals surface area contributed by atoms with Crippen molar-refractivity contribution < 1.29 is 9.59 Å². The molecule has 0 aliphatic rings. The van der Waals surface area contributed by atoms with Crippen molar-refractivity contribution in [3.05, 3.63) is 30.3 Å². The van der Waals surface area contributed by atoms with Gasteiger partial charge >= 0.3 is 0 Å². The van der Waals surface area contributed by atoms with E-state index in [0.717, 1.165) is 5.69 Å². The minimum Gasteiger partial charge on any atom is -0.354 e. The summed E-state index contributed by atoms with van der Waals surface area (Å²) in [5, 5.41) is 2.84. The van der Waals surface area contributed by atoms with Gasteiger partial charge in [0.25, 0.3) is 0 Å². The standard InChI is InChI=1S/C15H22N2O2/c1-12(2)11-15(19)16-9-10-17(13(3)18)14-7-5-4-6-8-14/h4-8,12H,9-11H2,1-3H3,(H,16,19). The number of para-hydroxylation sites is 1. The molecule has 0 unspecified atom stereocenters. The van der Waals surface area contributed by atoms with Gasteiger partial charge in [0, 0.05) is 32.1 Å². The maximum atomic E-state index is 11.6. The summed E-state index contributed by atoms with van der Waals surface area (Å²) in [4.78, 5) is 24.8. The maximum absolute atomic E-state index is 11.6. The second-order valence-electron chi connectivity index (χ2n) is 4.95. The van der Waals surface area contributed by atoms with Gasteiger partial charge in [0.15, 0.2) is 0 Å². The molecule has 0 spiro atoms. The molecule has 0 radical (unpaired) electrons. The van der Waals surface area contributed by atoms with Crippen molar-refractivity contribution in [3.63, 3.8) is 0 Å². The van der Waals surface area contributed by atoms with Gasteiger partial charge in [0.05, 0.1) is 0 Å². The number of hydrogen-bond acceptors (Lipinski definition) is 2. The smallest absolute Gasteiger partial charge is 0.223 e. The lowest BCUT2D eigenvalue weighted by atomic mass is 10.1. The van der Waals surface area contributed by atoms with Gasteiger partial charge in [-0.1, -0.05) is 32.0 Å². The van der Waals surface area contributed by atoms with Crippen LogP contribution in [0.25, 0.3) is 0 Å². The van der Waals surface area contributed by atoms with E-state index >= 15 is 0 Å². The average molecular weight is 262 g/mol. The van der Waals surface area contributed by atoms with Gasteiger partial charge in [0.2, 0.25) is 11.8 Å². The third-order valence-corrected chi connectivity index (χ3v) is 2.70. The number of amides is 2. The lowest BCUT2D eigenvalue weighted by Crippen LogP contribution is -2.37. The molecule has 4 nitrogen and oxygen atoms in total. The Bertz CT molecular complexity index is 415. The SMILES string of the molecule is CC(=O)N(CCNC(=O)CC(C)C)c1ccccc1. The van der Waals surface area contributed by atoms with Crippen molar-refractivity contribution in [2.45, 2.75) is 27.2 Å². The Hall–Kier alpha value is -1.84. The molecule has 0 saturated heterocycles. The molecule has 1 rings (SSSR count). The number of anilines is 1. The van der Waals surface area contributed by atoms with Crippen LogP contribution in [0.1, 0.15) is 27.2 Å². The van der Waals surface area contributed by atoms with Crippen molar-refractivity contribution in [2.75, 3.05) is 18.0 Å². The highest BCUT2D eigenvalue weighted by atomic mass is 16.2. The second-order valence-corrected chi connectivity index (χ2v) is 4.95. The zero-order chi connectivity index (χ0) is 14.3. The molecule has 0 bridgehead atoms. The van der Waals surface area contributed by atoms with E-state index in [-0.39, 0.29) is 11.8 Å². The number of rotatable bonds is 6. The lowest BCUT2D eigenvalue weighted by molar-refractivity contribution is -0.122. The molecule has 1 aromatic rings. The van der Waals surface area contributed by atoms with Crippen LogP contribution >= 0.6 is 0 Å². The highest BCUT2D eigenvalue weighted by Gasteiger charge is 2.11. The Morgan fingerprint density at radius 1 is 1.21 bits per heavy atom. The Labute approximate surface area is 114 Å². The Morgan fingerprint density at radius 3 is 2.37 bits per heavy atom. The summed E-state index contributed by atoms with van der Waals surface area (Å²) in [7, 11) is 0. The summed E-state index contributed by atoms with van der Waals surface area (Å²) >= 11 is 0. The Kier molecular flexibility index (Phi) is 6.06. The molecule has 0 heterocycles. The van der Waals surface area contributed by atoms with Crippen LogP contribution in [-0.4, -0.2) is 24.9 Å². The van der Waals surface area contributed by atoms with Crippen LogP contribution in [0.5, 0.6) is 0 Å². The van der Waals surface area contributed by atoms with E-state index in [1.54, 1.807) is 4.90 Å². The summed E-state index contributed by atoms with van der Waals surface area (Å²) in [6, 6.07) is 9.46. The van der Waals surface area contributed by atoms with Crippen LogP contribution in [-0.2, 0) is 9.59 Å². The highest BCUT2D eigenvalue weighted by molar-refractivity contribution is 5.91. The number of nitrogens with zero attached hydrogens (tertiary/aromatic N) is 1. The number of carbonyl (C=O) groups excluding carboxylic acids is 2. The van der Waals surface area contributed by atoms with Crippen LogP contribution in [0.4, 0.5) is 5.69 Å². The molecule has 19 heavy (non-hydrogen) atoms. The zero-order valence-electron chi connectivity index (χ0n) is 11.8. The van der Waals surface area contributed by atoms with E-state index in [1.807, 2.05) is 44.2 Å². The maximum Gasteiger partial charge on any atom is 0.223 e. The molecular formula is C15H22N2O2. The molecule has 4 heteroatoms. The zero-order valence-corrected chi connectivity index (χ0v) is 11.8. The number of benzene rings is 1. The molecule has 2 amide bonds. The molecule has 0 aliphatic heterocycles. The minimum absolute atomic E-state index is 0.0238. The van der Waals surface area contributed by atoms with Gasteiger partial charge in [0.1, 0.15) is 0 Å². The summed E-state index contributed by atoms with van der Waals surface area (Å²) in [6.45, 7) is 6.50. The van der Waals surface area contributed by atoms with Crippen LogP contribution in [0.15, 0.2) is 30.3 Å². The van der Waals surface area contributed by atoms with Crippen molar-refractivity contribution >= 4 is 17.5 Å². The largest absolute Gasteiger partial charge is 0.354 e. The van der Waals surface area contributed by atoms with E-state index in [2.05, 4.69) is 5.32 Å². The Morgan fingerprint density at radius 2 is 1.84 bits per heavy atom. The fraction of sp³-hybridized carbons (Fsp3) is 0.467. The van der Waals surface area contributed by atoms with Gasteiger partial charge in [-0.2, -0.15) is 0 Å². The first kappa shape index (κ1) is 15.2. The predicted octanol–water partition coefficient (Wildman–Crippen LogP) is 2.20. The first-order chi connectivity index (χ1) is 9.00. The van der Waals surface area contributed by atoms with Gasteiger partial charge in [-0.25, -0.2) is 0 Å². The lowest BCUT2D eigenvalue weighted by Gasteiger charge is -2.21. The molecule has 1 N–H and O–H groups in total. The van der Waals surface area contributed by atoms with Crippen molar-refractivity contribution in [1.29, 1.82) is 0 Å². The van der Waals surface area contributed by atoms with E-state index in [4.69, 9.17) is 0 Å². The van der Waals surface area contributed by atoms with E-state index < -0.39 is 0 Å². The summed E-state index contributed by atoms with van der Waals surface area (Å²) in [6.07, 6.45) is 0.519. The molecule has 0 aromatic heterocycles. The third kappa shape index (κ3) is 5.55. The van der Waals surface area contributed by atoms with Gasteiger partial charge in [-0.15, -0.1) is 0 Å². The highest BCUT2D eigenvalue weighted by Crippen LogP contribution is 2.12. The topological polar surface area (TPSA) is 49.4 Å². The van der Waals surface area contributed by atoms with Crippen molar-refractivity contribution in [2.24, 2.45) is 5.92 Å². The number of carbonyl (C=O) groups is 2. The molecule has 0 aliphatic carbocycles. The van der Waals surface area contributed by atoms with Gasteiger partial charge in [-0.05, 0) is 18.1 Å². The van der Waals surface area contributed by atoms with E-state index in [1.165, 1.54) is 6.92 Å². The number of nitrogens with one attached hydrogen (secondary N) is 1. The fourth-order valence-electron chi connectivity index (χ4n) is 1.83. The molecular weight excluding hydrogens is 240 g/mol. The third-order valence-electron chi connectivity index (χ3n) is 2.70. The van der Waals surface area contributed by atoms with Gasteiger partial charge in [-0.3, -0.25) is 9.59 Å². The first-order valence-corrected chi connectivity index (χ1v) is 6.60. The van der Waals surface area contributed by atoms with Crippen LogP contribution in [0.3, 0.4) is 0 Å². The summed E-state index contributed by atoms with van der Waals surface area (Å²) in [5.41, 5.74) is 0.855. The van der Waals surface area contributed by atoms with E-state index in [9.17, 15) is 9.59 Å². The first-order valence-electron chi connectivity index (χ1n) is 6.60. The molecule has 104 valence electrons. The average Bonchev–Trinajstić information content (AvgIpc) is 2.34. The summed E-state index contributed by atoms with van der Waals surface area (Å²) < 4.78 is 0. The Balaban J connectivity index is 2.48. The number of hydrogen-bond donors (Lipinski definition) is 1. The quantitative estimate of drug-likeness (QED) is 0.854. The molecule has 0 atom stereocenters. The molecule has 0 fully saturated rings. The normalized spacial score (nSPS) is 10.3.